The normalized spacial score (nSPS) is 17.4. The van der Waals surface area contributed by atoms with E-state index in [1.165, 1.54) is 22.7 Å². The molecule has 1 atom stereocenters. The molecule has 34 heavy (non-hydrogen) atoms. The molecule has 0 aromatic heterocycles. The van der Waals surface area contributed by atoms with Gasteiger partial charge in [0, 0.05) is 22.5 Å². The summed E-state index contributed by atoms with van der Waals surface area (Å²) in [5.41, 5.74) is 2.73. The third-order valence-electron chi connectivity index (χ3n) is 6.17. The lowest BCUT2D eigenvalue weighted by Gasteiger charge is -2.20. The first-order chi connectivity index (χ1) is 16.6. The van der Waals surface area contributed by atoms with Gasteiger partial charge < -0.3 is 20.1 Å². The Morgan fingerprint density at radius 2 is 2.00 bits per heavy atom. The smallest absolute Gasteiger partial charge is 0.414 e. The van der Waals surface area contributed by atoms with Crippen molar-refractivity contribution >= 4 is 45.9 Å². The van der Waals surface area contributed by atoms with Crippen LogP contribution in [0.4, 0.5) is 16.2 Å². The molecule has 0 radical (unpaired) electrons. The van der Waals surface area contributed by atoms with Crippen LogP contribution in [0.2, 0.25) is 0 Å². The maximum absolute atomic E-state index is 12.5. The van der Waals surface area contributed by atoms with E-state index >= 15 is 0 Å². The van der Waals surface area contributed by atoms with Gasteiger partial charge in [0.2, 0.25) is 5.91 Å². The van der Waals surface area contributed by atoms with E-state index in [-0.39, 0.29) is 18.1 Å². The van der Waals surface area contributed by atoms with E-state index in [2.05, 4.69) is 28.8 Å². The van der Waals surface area contributed by atoms with Gasteiger partial charge in [-0.1, -0.05) is 30.3 Å². The molecule has 2 heterocycles. The number of cyclic esters (lactones) is 1. The number of fused-ring (bicyclic) bond motifs is 2. The summed E-state index contributed by atoms with van der Waals surface area (Å²) in [7, 11) is 1.69. The van der Waals surface area contributed by atoms with Crippen molar-refractivity contribution < 1.29 is 19.1 Å². The quantitative estimate of drug-likeness (QED) is 0.454. The van der Waals surface area contributed by atoms with Crippen LogP contribution < -0.4 is 20.3 Å². The van der Waals surface area contributed by atoms with Crippen LogP contribution in [0.25, 0.3) is 10.8 Å². The van der Waals surface area contributed by atoms with Gasteiger partial charge in [-0.15, -0.1) is 11.8 Å². The maximum atomic E-state index is 12.5. The molecule has 0 unspecified atom stereocenters. The fraction of sp³-hybridized carbons (Fsp3) is 0.308. The summed E-state index contributed by atoms with van der Waals surface area (Å²) >= 11 is 1.51. The first-order valence-corrected chi connectivity index (χ1v) is 12.4. The number of anilines is 2. The zero-order chi connectivity index (χ0) is 23.5. The van der Waals surface area contributed by atoms with Crippen molar-refractivity contribution in [2.45, 2.75) is 30.4 Å². The number of amides is 2. The molecule has 2 aliphatic heterocycles. The minimum absolute atomic E-state index is 0.0216. The molecular weight excluding hydrogens is 450 g/mol. The molecule has 0 saturated carbocycles. The van der Waals surface area contributed by atoms with Gasteiger partial charge in [0.1, 0.15) is 11.9 Å². The lowest BCUT2D eigenvalue weighted by Crippen LogP contribution is -2.25. The highest BCUT2D eigenvalue weighted by Gasteiger charge is 2.32. The fourth-order valence-electron chi connectivity index (χ4n) is 4.47. The molecule has 3 aromatic carbocycles. The Hall–Kier alpha value is -3.23. The minimum atomic E-state index is -0.336. The maximum Gasteiger partial charge on any atom is 0.414 e. The monoisotopic (exact) mass is 477 g/mol. The van der Waals surface area contributed by atoms with E-state index in [9.17, 15) is 9.59 Å². The van der Waals surface area contributed by atoms with Crippen LogP contribution in [0.5, 0.6) is 5.75 Å². The first-order valence-electron chi connectivity index (χ1n) is 11.4. The van der Waals surface area contributed by atoms with Gasteiger partial charge in [-0.2, -0.15) is 0 Å². The Morgan fingerprint density at radius 1 is 1.15 bits per heavy atom. The molecule has 2 N–H and O–H groups in total. The Morgan fingerprint density at radius 3 is 2.85 bits per heavy atom. The fourth-order valence-corrected chi connectivity index (χ4v) is 5.25. The van der Waals surface area contributed by atoms with Crippen LogP contribution in [0.1, 0.15) is 18.4 Å². The summed E-state index contributed by atoms with van der Waals surface area (Å²) < 4.78 is 11.1. The number of carbonyl (C=O) groups excluding carboxylic acids is 2. The second kappa shape index (κ2) is 9.95. The van der Waals surface area contributed by atoms with Crippen molar-refractivity contribution in [1.29, 1.82) is 0 Å². The zero-order valence-corrected chi connectivity index (χ0v) is 19.8. The summed E-state index contributed by atoms with van der Waals surface area (Å²) in [5.74, 6) is 1.28. The number of methoxy groups -OCH3 is 1. The van der Waals surface area contributed by atoms with Crippen LogP contribution >= 0.6 is 11.8 Å². The highest BCUT2D eigenvalue weighted by atomic mass is 32.2. The standard InChI is InChI=1S/C26H27N3O4S/c1-32-23-10-8-17(20-6-2-3-7-21(20)23)14-27-12-4-5-19-15-29(26(31)33-19)18-9-11-24-22(13-18)28-25(30)16-34-24/h2-3,6-11,13,19,27H,4-5,12,14-16H2,1H3,(H,28,30)/t19-/m1/s1. The highest BCUT2D eigenvalue weighted by Crippen LogP contribution is 2.35. The Bertz CT molecular complexity index is 1230. The predicted octanol–water partition coefficient (Wildman–Crippen LogP) is 4.79. The molecule has 0 bridgehead atoms. The summed E-state index contributed by atoms with van der Waals surface area (Å²) in [6, 6.07) is 18.1. The predicted molar refractivity (Wildman–Crippen MR) is 135 cm³/mol. The molecule has 8 heteroatoms. The number of thioether (sulfide) groups is 1. The summed E-state index contributed by atoms with van der Waals surface area (Å²) in [6.07, 6.45) is 1.21. The molecule has 1 fully saturated rings. The van der Waals surface area contributed by atoms with E-state index in [0.29, 0.717) is 12.3 Å². The van der Waals surface area contributed by atoms with E-state index < -0.39 is 0 Å². The van der Waals surface area contributed by atoms with Gasteiger partial charge >= 0.3 is 6.09 Å². The van der Waals surface area contributed by atoms with E-state index in [0.717, 1.165) is 53.3 Å². The van der Waals surface area contributed by atoms with Crippen LogP contribution in [-0.4, -0.2) is 44.1 Å². The van der Waals surface area contributed by atoms with E-state index in [1.807, 2.05) is 36.4 Å². The van der Waals surface area contributed by atoms with Crippen LogP contribution in [0, 0.1) is 0 Å². The number of rotatable bonds is 8. The molecular formula is C26H27N3O4S. The molecule has 1 saturated heterocycles. The average Bonchev–Trinajstić information content (AvgIpc) is 3.23. The lowest BCUT2D eigenvalue weighted by atomic mass is 10.0. The molecule has 5 rings (SSSR count). The topological polar surface area (TPSA) is 79.9 Å². The van der Waals surface area contributed by atoms with Crippen molar-refractivity contribution in [3.63, 3.8) is 0 Å². The molecule has 3 aromatic rings. The number of nitrogens with one attached hydrogen (secondary N) is 2. The Kier molecular flexibility index (Phi) is 6.60. The summed E-state index contributed by atoms with van der Waals surface area (Å²) in [6.45, 7) is 2.11. The van der Waals surface area contributed by atoms with E-state index in [4.69, 9.17) is 9.47 Å². The van der Waals surface area contributed by atoms with Crippen molar-refractivity contribution in [3.8, 4) is 5.75 Å². The summed E-state index contributed by atoms with van der Waals surface area (Å²) in [5, 5.41) is 8.69. The number of carbonyl (C=O) groups is 2. The lowest BCUT2D eigenvalue weighted by molar-refractivity contribution is -0.113. The van der Waals surface area contributed by atoms with Crippen molar-refractivity contribution in [3.05, 3.63) is 60.2 Å². The number of ether oxygens (including phenoxy) is 2. The van der Waals surface area contributed by atoms with Gasteiger partial charge in [-0.3, -0.25) is 9.69 Å². The molecule has 2 aliphatic rings. The van der Waals surface area contributed by atoms with Gasteiger partial charge in [0.25, 0.3) is 0 Å². The largest absolute Gasteiger partial charge is 0.496 e. The number of hydrogen-bond acceptors (Lipinski definition) is 6. The van der Waals surface area contributed by atoms with Gasteiger partial charge in [0.15, 0.2) is 0 Å². The number of nitrogens with zero attached hydrogens (tertiary/aromatic N) is 1. The van der Waals surface area contributed by atoms with Crippen LogP contribution in [0.15, 0.2) is 59.5 Å². The third kappa shape index (κ3) is 4.69. The molecule has 176 valence electrons. The second-order valence-corrected chi connectivity index (χ2v) is 9.44. The van der Waals surface area contributed by atoms with Crippen LogP contribution in [0.3, 0.4) is 0 Å². The Labute approximate surface area is 202 Å². The number of benzene rings is 3. The Balaban J connectivity index is 1.12. The SMILES string of the molecule is COc1ccc(CNCCC[C@@H]2CN(c3ccc4c(c3)NC(=O)CS4)C(=O)O2)c2ccccc12. The molecule has 2 amide bonds. The zero-order valence-electron chi connectivity index (χ0n) is 19.0. The third-order valence-corrected chi connectivity index (χ3v) is 7.24. The highest BCUT2D eigenvalue weighted by molar-refractivity contribution is 8.00. The van der Waals surface area contributed by atoms with E-state index in [1.54, 1.807) is 12.0 Å². The molecule has 0 aliphatic carbocycles. The molecule has 0 spiro atoms. The minimum Gasteiger partial charge on any atom is -0.496 e. The molecule has 7 nitrogen and oxygen atoms in total. The van der Waals surface area contributed by atoms with Gasteiger partial charge in [0.05, 0.1) is 25.1 Å². The first kappa shape index (κ1) is 22.6. The van der Waals surface area contributed by atoms with Crippen molar-refractivity contribution in [2.24, 2.45) is 0 Å². The second-order valence-electron chi connectivity index (χ2n) is 8.43. The van der Waals surface area contributed by atoms with Crippen molar-refractivity contribution in [1.82, 2.24) is 5.32 Å². The van der Waals surface area contributed by atoms with Crippen molar-refractivity contribution in [2.75, 3.05) is 36.2 Å². The van der Waals surface area contributed by atoms with Gasteiger partial charge in [-0.05, 0) is 54.6 Å². The summed E-state index contributed by atoms with van der Waals surface area (Å²) in [4.78, 5) is 26.8. The van der Waals surface area contributed by atoms with Gasteiger partial charge in [-0.25, -0.2) is 4.79 Å². The van der Waals surface area contributed by atoms with Crippen LogP contribution in [-0.2, 0) is 16.1 Å². The average molecular weight is 478 g/mol. The number of hydrogen-bond donors (Lipinski definition) is 2.